The molecule has 3 aromatic rings. The average molecular weight is 522 g/mol. The highest BCUT2D eigenvalue weighted by atomic mass is 31.2. The zero-order valence-corrected chi connectivity index (χ0v) is 21.1. The van der Waals surface area contributed by atoms with Gasteiger partial charge in [0.1, 0.15) is 11.6 Å². The molecular weight excluding hydrogens is 490 g/mol. The fourth-order valence-electron chi connectivity index (χ4n) is 5.60. The van der Waals surface area contributed by atoms with Crippen molar-refractivity contribution < 1.29 is 32.3 Å². The molecule has 1 fully saturated rings. The van der Waals surface area contributed by atoms with Crippen LogP contribution in [0.25, 0.3) is 11.0 Å². The van der Waals surface area contributed by atoms with Crippen molar-refractivity contribution >= 4 is 18.8 Å². The molecule has 0 unspecified atom stereocenters. The van der Waals surface area contributed by atoms with Gasteiger partial charge in [0, 0.05) is 60.9 Å². The highest BCUT2D eigenvalue weighted by molar-refractivity contribution is 7.46. The van der Waals surface area contributed by atoms with Crippen molar-refractivity contribution in [2.45, 2.75) is 57.9 Å². The first-order valence-electron chi connectivity index (χ1n) is 12.3. The van der Waals surface area contributed by atoms with Crippen molar-refractivity contribution in [3.05, 3.63) is 57.1 Å². The number of rotatable bonds is 7. The SMILES string of the molecule is Cc1nc2n(c(=O)c1CC[N+]1(COP(=O)(O)O)CCC(c3noc4cc(F)ccc34)CC1)CCCC2. The Labute approximate surface area is 207 Å². The number of quaternary nitrogens is 1. The number of piperidine rings is 1. The molecule has 194 valence electrons. The molecular formula is C24H31FN4O6P+. The van der Waals surface area contributed by atoms with Crippen LogP contribution in [0.4, 0.5) is 4.39 Å². The molecule has 0 amide bonds. The number of benzene rings is 1. The molecule has 2 aromatic heterocycles. The van der Waals surface area contributed by atoms with Crippen LogP contribution in [0.1, 0.15) is 54.4 Å². The van der Waals surface area contributed by atoms with Crippen molar-refractivity contribution in [3.63, 3.8) is 0 Å². The van der Waals surface area contributed by atoms with E-state index in [1.54, 1.807) is 10.6 Å². The number of halogens is 1. The number of fused-ring (bicyclic) bond motifs is 2. The van der Waals surface area contributed by atoms with Crippen LogP contribution < -0.4 is 5.56 Å². The molecule has 0 spiro atoms. The van der Waals surface area contributed by atoms with Crippen molar-refractivity contribution in [2.75, 3.05) is 26.4 Å². The summed E-state index contributed by atoms with van der Waals surface area (Å²) in [5, 5.41) is 4.97. The maximum Gasteiger partial charge on any atom is 0.474 e. The molecule has 2 aliphatic rings. The first-order chi connectivity index (χ1) is 17.1. The van der Waals surface area contributed by atoms with Crippen LogP contribution in [0.2, 0.25) is 0 Å². The first-order valence-corrected chi connectivity index (χ1v) is 13.9. The number of aromatic nitrogens is 3. The summed E-state index contributed by atoms with van der Waals surface area (Å²) >= 11 is 0. The van der Waals surface area contributed by atoms with Gasteiger partial charge < -0.3 is 18.8 Å². The van der Waals surface area contributed by atoms with Gasteiger partial charge in [-0.1, -0.05) is 5.16 Å². The molecule has 0 aliphatic carbocycles. The summed E-state index contributed by atoms with van der Waals surface area (Å²) in [4.78, 5) is 36.6. The third-order valence-electron chi connectivity index (χ3n) is 7.67. The Morgan fingerprint density at radius 1 is 1.28 bits per heavy atom. The maximum atomic E-state index is 13.5. The number of hydrogen-bond donors (Lipinski definition) is 2. The van der Waals surface area contributed by atoms with Gasteiger partial charge in [0.25, 0.3) is 5.56 Å². The third kappa shape index (κ3) is 5.17. The van der Waals surface area contributed by atoms with Crippen molar-refractivity contribution in [1.29, 1.82) is 0 Å². The van der Waals surface area contributed by atoms with E-state index in [1.165, 1.54) is 12.1 Å². The minimum absolute atomic E-state index is 0.0116. The quantitative estimate of drug-likeness (QED) is 0.359. The fraction of sp³-hybridized carbons (Fsp3) is 0.542. The third-order valence-corrected chi connectivity index (χ3v) is 8.12. The summed E-state index contributed by atoms with van der Waals surface area (Å²) in [6, 6.07) is 4.37. The Morgan fingerprint density at radius 3 is 2.81 bits per heavy atom. The lowest BCUT2D eigenvalue weighted by atomic mass is 9.90. The molecule has 2 N–H and O–H groups in total. The molecule has 10 nitrogen and oxygen atoms in total. The molecule has 2 aliphatic heterocycles. The normalized spacial score (nSPS) is 22.6. The van der Waals surface area contributed by atoms with E-state index in [4.69, 9.17) is 9.05 Å². The van der Waals surface area contributed by atoms with E-state index < -0.39 is 7.82 Å². The van der Waals surface area contributed by atoms with Crippen molar-refractivity contribution in [1.82, 2.24) is 14.7 Å². The number of hydrogen-bond acceptors (Lipinski definition) is 6. The molecule has 12 heteroatoms. The Bertz CT molecular complexity index is 1370. The van der Waals surface area contributed by atoms with Gasteiger partial charge in [0.05, 0.1) is 25.3 Å². The molecule has 0 bridgehead atoms. The Balaban J connectivity index is 1.36. The van der Waals surface area contributed by atoms with Crippen LogP contribution in [0.15, 0.2) is 27.5 Å². The fourth-order valence-corrected chi connectivity index (χ4v) is 5.99. The first kappa shape index (κ1) is 25.2. The summed E-state index contributed by atoms with van der Waals surface area (Å²) < 4.78 is 37.5. The average Bonchev–Trinajstić information content (AvgIpc) is 3.26. The standard InChI is InChI=1S/C24H30FN4O6P/c1-16-19(24(30)28-10-3-2-4-22(28)26-16)9-13-29(15-34-36(31,32)33)11-7-17(8-12-29)23-20-6-5-18(25)14-21(20)35-27-23/h5-6,14,17H,2-4,7-13,15H2,1H3,(H-,31,32,33)/p+1. The van der Waals surface area contributed by atoms with Gasteiger partial charge in [0.2, 0.25) is 0 Å². The molecule has 0 atom stereocenters. The van der Waals surface area contributed by atoms with Gasteiger partial charge in [0.15, 0.2) is 12.3 Å². The molecule has 0 saturated carbocycles. The topological polar surface area (TPSA) is 128 Å². The van der Waals surface area contributed by atoms with Crippen LogP contribution in [0.5, 0.6) is 0 Å². The minimum Gasteiger partial charge on any atom is -0.356 e. The molecule has 1 saturated heterocycles. The van der Waals surface area contributed by atoms with Crippen LogP contribution in [-0.2, 0) is 28.5 Å². The predicted molar refractivity (Wildman–Crippen MR) is 129 cm³/mol. The highest BCUT2D eigenvalue weighted by Gasteiger charge is 2.38. The Hall–Kier alpha value is -2.43. The maximum absolute atomic E-state index is 13.5. The lowest BCUT2D eigenvalue weighted by Crippen LogP contribution is -2.55. The number of phosphoric acid groups is 1. The van der Waals surface area contributed by atoms with E-state index in [0.29, 0.717) is 61.1 Å². The van der Waals surface area contributed by atoms with Gasteiger partial charge in [-0.2, -0.15) is 0 Å². The van der Waals surface area contributed by atoms with Gasteiger partial charge in [-0.15, -0.1) is 0 Å². The molecule has 4 heterocycles. The van der Waals surface area contributed by atoms with E-state index in [2.05, 4.69) is 10.1 Å². The van der Waals surface area contributed by atoms with Crippen LogP contribution in [-0.4, -0.2) is 55.3 Å². The number of phosphoric ester groups is 1. The predicted octanol–water partition coefficient (Wildman–Crippen LogP) is 3.17. The lowest BCUT2D eigenvalue weighted by molar-refractivity contribution is -0.947. The molecule has 0 radical (unpaired) electrons. The molecule has 5 rings (SSSR count). The van der Waals surface area contributed by atoms with E-state index in [1.807, 2.05) is 6.92 Å². The largest absolute Gasteiger partial charge is 0.474 e. The van der Waals surface area contributed by atoms with Gasteiger partial charge in [-0.25, -0.2) is 18.5 Å². The number of aryl methyl sites for hydroxylation is 2. The monoisotopic (exact) mass is 521 g/mol. The van der Waals surface area contributed by atoms with Gasteiger partial charge in [-0.3, -0.25) is 9.36 Å². The zero-order chi connectivity index (χ0) is 25.5. The smallest absolute Gasteiger partial charge is 0.356 e. The van der Waals surface area contributed by atoms with Crippen molar-refractivity contribution in [3.8, 4) is 0 Å². The summed E-state index contributed by atoms with van der Waals surface area (Å²) in [6.45, 7) is 4.04. The van der Waals surface area contributed by atoms with Crippen LogP contribution >= 0.6 is 7.82 Å². The van der Waals surface area contributed by atoms with E-state index in [-0.39, 0.29) is 24.0 Å². The summed E-state index contributed by atoms with van der Waals surface area (Å²) in [7, 11) is -4.66. The molecule has 1 aromatic carbocycles. The van der Waals surface area contributed by atoms with Gasteiger partial charge in [-0.05, 0) is 31.9 Å². The second kappa shape index (κ2) is 9.79. The highest BCUT2D eigenvalue weighted by Crippen LogP contribution is 2.40. The summed E-state index contributed by atoms with van der Waals surface area (Å²) in [6.07, 6.45) is 4.60. The van der Waals surface area contributed by atoms with Crippen molar-refractivity contribution in [2.24, 2.45) is 0 Å². The zero-order valence-electron chi connectivity index (χ0n) is 20.2. The second-order valence-corrected chi connectivity index (χ2v) is 11.2. The van der Waals surface area contributed by atoms with Crippen LogP contribution in [0.3, 0.4) is 0 Å². The Kier molecular flexibility index (Phi) is 6.86. The van der Waals surface area contributed by atoms with Gasteiger partial charge >= 0.3 is 7.82 Å². The Morgan fingerprint density at radius 2 is 2.06 bits per heavy atom. The lowest BCUT2D eigenvalue weighted by Gasteiger charge is -2.43. The summed E-state index contributed by atoms with van der Waals surface area (Å²) in [5.74, 6) is 0.513. The molecule has 36 heavy (non-hydrogen) atoms. The van der Waals surface area contributed by atoms with Crippen LogP contribution in [0, 0.1) is 12.7 Å². The van der Waals surface area contributed by atoms with E-state index in [0.717, 1.165) is 41.9 Å². The number of nitrogens with zero attached hydrogens (tertiary/aromatic N) is 4. The second-order valence-electron chi connectivity index (χ2n) is 10.00. The summed E-state index contributed by atoms with van der Waals surface area (Å²) in [5.41, 5.74) is 2.53. The minimum atomic E-state index is -4.66. The van der Waals surface area contributed by atoms with E-state index in [9.17, 15) is 23.5 Å². The van der Waals surface area contributed by atoms with E-state index >= 15 is 0 Å². The number of likely N-dealkylation sites (tertiary alicyclic amines) is 1.